The Morgan fingerprint density at radius 2 is 1.04 bits per heavy atom. The van der Waals surface area contributed by atoms with E-state index in [-0.39, 0.29) is 18.6 Å². The van der Waals surface area contributed by atoms with Crippen molar-refractivity contribution in [1.29, 1.82) is 0 Å². The standard InChI is InChI=1S/C19H30N2O4/c1-20-12-3-4-13(20)8-16(7-12)24-18(22)11-19(23)25-17-9-14-5-6-15(10-17)21(14)2/h12-17H,3-11H2,1-2H3. The minimum absolute atomic E-state index is 0.0341. The van der Waals surface area contributed by atoms with Crippen LogP contribution in [-0.4, -0.2) is 72.2 Å². The summed E-state index contributed by atoms with van der Waals surface area (Å²) in [4.78, 5) is 29.1. The maximum absolute atomic E-state index is 12.1. The van der Waals surface area contributed by atoms with E-state index in [2.05, 4.69) is 23.9 Å². The Morgan fingerprint density at radius 3 is 1.36 bits per heavy atom. The number of hydrogen-bond donors (Lipinski definition) is 0. The van der Waals surface area contributed by atoms with Gasteiger partial charge in [-0.2, -0.15) is 0 Å². The van der Waals surface area contributed by atoms with Crippen LogP contribution < -0.4 is 0 Å². The van der Waals surface area contributed by atoms with E-state index in [4.69, 9.17) is 9.47 Å². The third-order valence-electron chi connectivity index (χ3n) is 6.99. The van der Waals surface area contributed by atoms with Crippen molar-refractivity contribution in [3.63, 3.8) is 0 Å². The predicted molar refractivity (Wildman–Crippen MR) is 92.0 cm³/mol. The van der Waals surface area contributed by atoms with Crippen LogP contribution in [0.1, 0.15) is 57.8 Å². The second-order valence-corrected chi connectivity index (χ2v) is 8.44. The van der Waals surface area contributed by atoms with Crippen molar-refractivity contribution in [3.8, 4) is 0 Å². The Morgan fingerprint density at radius 1 is 0.720 bits per heavy atom. The van der Waals surface area contributed by atoms with Gasteiger partial charge in [0, 0.05) is 24.2 Å². The van der Waals surface area contributed by atoms with Gasteiger partial charge in [0.2, 0.25) is 0 Å². The van der Waals surface area contributed by atoms with Gasteiger partial charge in [-0.15, -0.1) is 0 Å². The van der Waals surface area contributed by atoms with Crippen LogP contribution in [0, 0.1) is 0 Å². The van der Waals surface area contributed by atoms with Crippen molar-refractivity contribution < 1.29 is 19.1 Å². The zero-order chi connectivity index (χ0) is 17.6. The zero-order valence-electron chi connectivity index (χ0n) is 15.4. The lowest BCUT2D eigenvalue weighted by Gasteiger charge is -2.36. The number of piperidine rings is 2. The maximum Gasteiger partial charge on any atom is 0.317 e. The van der Waals surface area contributed by atoms with E-state index in [1.165, 1.54) is 25.7 Å². The van der Waals surface area contributed by atoms with Crippen LogP contribution in [0.3, 0.4) is 0 Å². The SMILES string of the molecule is CN1C2CCC1CC(OC(=O)CC(=O)OC1CC3CCC(C1)N3C)C2. The molecule has 4 aliphatic rings. The van der Waals surface area contributed by atoms with Gasteiger partial charge in [0.05, 0.1) is 0 Å². The van der Waals surface area contributed by atoms with Crippen molar-refractivity contribution in [1.82, 2.24) is 9.80 Å². The lowest BCUT2D eigenvalue weighted by atomic mass is 10.0. The van der Waals surface area contributed by atoms with E-state index in [1.807, 2.05) is 0 Å². The molecule has 4 aliphatic heterocycles. The molecule has 0 radical (unpaired) electrons. The Bertz CT molecular complexity index is 466. The number of nitrogens with zero attached hydrogens (tertiary/aromatic N) is 2. The summed E-state index contributed by atoms with van der Waals surface area (Å²) >= 11 is 0. The zero-order valence-corrected chi connectivity index (χ0v) is 15.4. The number of carbonyl (C=O) groups is 2. The minimum atomic E-state index is -0.421. The van der Waals surface area contributed by atoms with Gasteiger partial charge in [-0.3, -0.25) is 9.59 Å². The fourth-order valence-corrected chi connectivity index (χ4v) is 5.49. The summed E-state index contributed by atoms with van der Waals surface area (Å²) < 4.78 is 11.2. The molecule has 0 saturated carbocycles. The van der Waals surface area contributed by atoms with Gasteiger partial charge in [0.1, 0.15) is 18.6 Å². The van der Waals surface area contributed by atoms with E-state index < -0.39 is 11.9 Å². The summed E-state index contributed by atoms with van der Waals surface area (Å²) in [6.07, 6.45) is 8.03. The molecular formula is C19H30N2O4. The van der Waals surface area contributed by atoms with Gasteiger partial charge >= 0.3 is 11.9 Å². The molecule has 0 aliphatic carbocycles. The van der Waals surface area contributed by atoms with Crippen LogP contribution in [0.5, 0.6) is 0 Å². The molecule has 0 aromatic heterocycles. The van der Waals surface area contributed by atoms with E-state index in [0.717, 1.165) is 25.7 Å². The molecule has 0 spiro atoms. The van der Waals surface area contributed by atoms with Crippen LogP contribution in [0.15, 0.2) is 0 Å². The molecule has 6 nitrogen and oxygen atoms in total. The van der Waals surface area contributed by atoms with Crippen molar-refractivity contribution in [3.05, 3.63) is 0 Å². The molecule has 4 rings (SSSR count). The number of carbonyl (C=O) groups excluding carboxylic acids is 2. The quantitative estimate of drug-likeness (QED) is 0.568. The van der Waals surface area contributed by atoms with Crippen molar-refractivity contribution in [2.24, 2.45) is 0 Å². The van der Waals surface area contributed by atoms with Gasteiger partial charge in [0.25, 0.3) is 0 Å². The maximum atomic E-state index is 12.1. The van der Waals surface area contributed by atoms with Gasteiger partial charge < -0.3 is 19.3 Å². The van der Waals surface area contributed by atoms with Crippen LogP contribution in [0.25, 0.3) is 0 Å². The topological polar surface area (TPSA) is 59.1 Å². The monoisotopic (exact) mass is 350 g/mol. The van der Waals surface area contributed by atoms with Gasteiger partial charge in [-0.25, -0.2) is 0 Å². The molecule has 0 aromatic rings. The number of fused-ring (bicyclic) bond motifs is 4. The van der Waals surface area contributed by atoms with E-state index >= 15 is 0 Å². The van der Waals surface area contributed by atoms with Crippen LogP contribution in [-0.2, 0) is 19.1 Å². The van der Waals surface area contributed by atoms with Crippen LogP contribution >= 0.6 is 0 Å². The smallest absolute Gasteiger partial charge is 0.317 e. The largest absolute Gasteiger partial charge is 0.462 e. The average molecular weight is 350 g/mol. The number of ether oxygens (including phenoxy) is 2. The number of hydrogen-bond acceptors (Lipinski definition) is 6. The highest BCUT2D eigenvalue weighted by molar-refractivity contribution is 5.91. The normalized spacial score (nSPS) is 40.9. The lowest BCUT2D eigenvalue weighted by molar-refractivity contribution is -0.163. The molecule has 4 fully saturated rings. The molecule has 25 heavy (non-hydrogen) atoms. The summed E-state index contributed by atoms with van der Waals surface area (Å²) in [5.74, 6) is -0.843. The lowest BCUT2D eigenvalue weighted by Crippen LogP contribution is -2.44. The van der Waals surface area contributed by atoms with Crippen LogP contribution in [0.2, 0.25) is 0 Å². The first-order valence-electron chi connectivity index (χ1n) is 9.82. The Hall–Kier alpha value is -1.14. The van der Waals surface area contributed by atoms with Crippen molar-refractivity contribution >= 4 is 11.9 Å². The van der Waals surface area contributed by atoms with Crippen LogP contribution in [0.4, 0.5) is 0 Å². The molecule has 140 valence electrons. The van der Waals surface area contributed by atoms with Gasteiger partial charge in [-0.1, -0.05) is 0 Å². The van der Waals surface area contributed by atoms with Gasteiger partial charge in [-0.05, 0) is 65.5 Å². The number of esters is 2. The van der Waals surface area contributed by atoms with E-state index in [9.17, 15) is 9.59 Å². The highest BCUT2D eigenvalue weighted by Gasteiger charge is 2.41. The van der Waals surface area contributed by atoms with Crippen molar-refractivity contribution in [2.75, 3.05) is 14.1 Å². The highest BCUT2D eigenvalue weighted by atomic mass is 16.6. The molecule has 0 aromatic carbocycles. The molecule has 0 amide bonds. The summed E-state index contributed by atoms with van der Waals surface area (Å²) in [6, 6.07) is 2.10. The minimum Gasteiger partial charge on any atom is -0.462 e. The fraction of sp³-hybridized carbons (Fsp3) is 0.895. The molecule has 4 bridgehead atoms. The molecule has 4 unspecified atom stereocenters. The molecule has 4 atom stereocenters. The summed E-state index contributed by atoms with van der Waals surface area (Å²) in [5, 5.41) is 0. The second kappa shape index (κ2) is 6.88. The molecular weight excluding hydrogens is 320 g/mol. The molecule has 4 saturated heterocycles. The first kappa shape index (κ1) is 17.3. The molecule has 0 N–H and O–H groups in total. The Labute approximate surface area is 149 Å². The highest BCUT2D eigenvalue weighted by Crippen LogP contribution is 2.36. The average Bonchev–Trinajstić information content (AvgIpc) is 2.91. The van der Waals surface area contributed by atoms with E-state index in [1.54, 1.807) is 0 Å². The second-order valence-electron chi connectivity index (χ2n) is 8.44. The summed E-state index contributed by atoms with van der Waals surface area (Å²) in [5.41, 5.74) is 0. The third-order valence-corrected chi connectivity index (χ3v) is 6.99. The first-order chi connectivity index (χ1) is 12.0. The van der Waals surface area contributed by atoms with E-state index in [0.29, 0.717) is 24.2 Å². The molecule has 6 heteroatoms. The summed E-state index contributed by atoms with van der Waals surface area (Å²) in [6.45, 7) is 0. The van der Waals surface area contributed by atoms with Gasteiger partial charge in [0.15, 0.2) is 0 Å². The predicted octanol–water partition coefficient (Wildman–Crippen LogP) is 1.71. The Balaban J connectivity index is 1.21. The third kappa shape index (κ3) is 3.56. The summed E-state index contributed by atoms with van der Waals surface area (Å²) in [7, 11) is 4.32. The van der Waals surface area contributed by atoms with Crippen molar-refractivity contribution in [2.45, 2.75) is 94.2 Å². The molecule has 4 heterocycles. The number of rotatable bonds is 4. The Kier molecular flexibility index (Phi) is 4.75. The first-order valence-corrected chi connectivity index (χ1v) is 9.82. The fourth-order valence-electron chi connectivity index (χ4n) is 5.49.